The standard InChI is InChI=1S/C19H22N4O3/c1-26-19(25)22-13-6-7-14-12-8-9-21-17(10-12)15(20)4-2-3-5-18(24)23-16(14)11-13/h6-11,15H,2-5,20H2,1H3,(H,22,25)(H,23,24). The topological polar surface area (TPSA) is 106 Å². The number of ether oxygens (including phenoxy) is 1. The van der Waals surface area contributed by atoms with Crippen molar-refractivity contribution in [1.82, 2.24) is 4.98 Å². The minimum atomic E-state index is -0.568. The molecule has 1 unspecified atom stereocenters. The van der Waals surface area contributed by atoms with Crippen molar-refractivity contribution in [1.29, 1.82) is 0 Å². The third kappa shape index (κ3) is 4.18. The number of rotatable bonds is 1. The van der Waals surface area contributed by atoms with Crippen LogP contribution in [0.3, 0.4) is 0 Å². The van der Waals surface area contributed by atoms with E-state index in [4.69, 9.17) is 5.73 Å². The molecule has 2 amide bonds. The molecule has 4 N–H and O–H groups in total. The van der Waals surface area contributed by atoms with Crippen LogP contribution in [0.25, 0.3) is 11.1 Å². The fourth-order valence-corrected chi connectivity index (χ4v) is 2.98. The van der Waals surface area contributed by atoms with Gasteiger partial charge in [0.05, 0.1) is 18.5 Å². The molecule has 1 aliphatic rings. The quantitative estimate of drug-likeness (QED) is 0.727. The van der Waals surface area contributed by atoms with Gasteiger partial charge >= 0.3 is 6.09 Å². The van der Waals surface area contributed by atoms with Crippen molar-refractivity contribution in [3.8, 4) is 11.1 Å². The van der Waals surface area contributed by atoms with Gasteiger partial charge in [-0.05, 0) is 42.7 Å². The molecular formula is C19H22N4O3. The number of hydrogen-bond donors (Lipinski definition) is 3. The summed E-state index contributed by atoms with van der Waals surface area (Å²) in [7, 11) is 1.30. The molecule has 7 nitrogen and oxygen atoms in total. The Morgan fingerprint density at radius 3 is 2.96 bits per heavy atom. The highest BCUT2D eigenvalue weighted by atomic mass is 16.5. The maximum Gasteiger partial charge on any atom is 0.411 e. The zero-order valence-corrected chi connectivity index (χ0v) is 14.6. The molecule has 26 heavy (non-hydrogen) atoms. The number of nitrogens with two attached hydrogens (primary N) is 1. The predicted molar refractivity (Wildman–Crippen MR) is 99.7 cm³/mol. The molecule has 0 saturated carbocycles. The van der Waals surface area contributed by atoms with E-state index in [1.807, 2.05) is 18.2 Å². The molecule has 0 saturated heterocycles. The number of carbonyl (C=O) groups is 2. The van der Waals surface area contributed by atoms with Crippen molar-refractivity contribution in [3.63, 3.8) is 0 Å². The van der Waals surface area contributed by atoms with Crippen LogP contribution in [0.5, 0.6) is 0 Å². The van der Waals surface area contributed by atoms with Crippen molar-refractivity contribution < 1.29 is 14.3 Å². The molecule has 136 valence electrons. The zero-order valence-electron chi connectivity index (χ0n) is 14.6. The fourth-order valence-electron chi connectivity index (χ4n) is 2.98. The normalized spacial score (nSPS) is 17.2. The molecule has 1 aromatic heterocycles. The number of nitrogens with one attached hydrogen (secondary N) is 2. The van der Waals surface area contributed by atoms with Gasteiger partial charge in [0.25, 0.3) is 0 Å². The van der Waals surface area contributed by atoms with E-state index in [9.17, 15) is 9.59 Å². The molecule has 2 heterocycles. The minimum absolute atomic E-state index is 0.0649. The van der Waals surface area contributed by atoms with E-state index in [1.54, 1.807) is 18.3 Å². The van der Waals surface area contributed by atoms with Crippen LogP contribution in [0.1, 0.15) is 37.4 Å². The molecule has 0 aliphatic carbocycles. The number of benzene rings is 1. The van der Waals surface area contributed by atoms with Crippen LogP contribution in [0.2, 0.25) is 0 Å². The van der Waals surface area contributed by atoms with E-state index < -0.39 is 6.09 Å². The molecule has 0 spiro atoms. The summed E-state index contributed by atoms with van der Waals surface area (Å²) < 4.78 is 4.62. The van der Waals surface area contributed by atoms with E-state index >= 15 is 0 Å². The largest absolute Gasteiger partial charge is 0.453 e. The first-order valence-corrected chi connectivity index (χ1v) is 8.57. The van der Waals surface area contributed by atoms with Gasteiger partial charge in [0.15, 0.2) is 0 Å². The Morgan fingerprint density at radius 2 is 2.15 bits per heavy atom. The molecule has 3 rings (SSSR count). The number of anilines is 2. The number of nitrogens with zero attached hydrogens (tertiary/aromatic N) is 1. The average molecular weight is 354 g/mol. The van der Waals surface area contributed by atoms with E-state index in [2.05, 4.69) is 20.4 Å². The molecule has 1 atom stereocenters. The van der Waals surface area contributed by atoms with Gasteiger partial charge in [-0.2, -0.15) is 0 Å². The molecule has 1 aliphatic heterocycles. The van der Waals surface area contributed by atoms with Crippen molar-refractivity contribution in [2.45, 2.75) is 31.7 Å². The van der Waals surface area contributed by atoms with E-state index in [1.165, 1.54) is 7.11 Å². The number of carbonyl (C=O) groups excluding carboxylic acids is 2. The van der Waals surface area contributed by atoms with Crippen LogP contribution in [-0.4, -0.2) is 24.1 Å². The summed E-state index contributed by atoms with van der Waals surface area (Å²) in [5.74, 6) is -0.0649. The lowest BCUT2D eigenvalue weighted by atomic mass is 9.98. The van der Waals surface area contributed by atoms with Crippen molar-refractivity contribution in [3.05, 3.63) is 42.2 Å². The number of fused-ring (bicyclic) bond motifs is 4. The van der Waals surface area contributed by atoms with Crippen LogP contribution < -0.4 is 16.4 Å². The van der Waals surface area contributed by atoms with E-state index in [0.29, 0.717) is 17.8 Å². The van der Waals surface area contributed by atoms with Gasteiger partial charge < -0.3 is 15.8 Å². The second kappa shape index (κ2) is 7.97. The molecule has 0 radical (unpaired) electrons. The van der Waals surface area contributed by atoms with Crippen LogP contribution in [0, 0.1) is 0 Å². The minimum Gasteiger partial charge on any atom is -0.453 e. The van der Waals surface area contributed by atoms with Crippen molar-refractivity contribution >= 4 is 23.4 Å². The zero-order chi connectivity index (χ0) is 18.5. The van der Waals surface area contributed by atoms with Gasteiger partial charge in [0, 0.05) is 29.9 Å². The van der Waals surface area contributed by atoms with E-state index in [0.717, 1.165) is 36.1 Å². The molecule has 1 aromatic carbocycles. The molecule has 0 fully saturated rings. The summed E-state index contributed by atoms with van der Waals surface area (Å²) in [6.07, 6.45) is 3.98. The highest BCUT2D eigenvalue weighted by Crippen LogP contribution is 2.32. The number of aromatic nitrogens is 1. The maximum atomic E-state index is 12.3. The Kier molecular flexibility index (Phi) is 5.48. The smallest absolute Gasteiger partial charge is 0.411 e. The highest BCUT2D eigenvalue weighted by Gasteiger charge is 2.15. The van der Waals surface area contributed by atoms with E-state index in [-0.39, 0.29) is 11.9 Å². The van der Waals surface area contributed by atoms with Gasteiger partial charge in [0.2, 0.25) is 5.91 Å². The molecule has 2 bridgehead atoms. The van der Waals surface area contributed by atoms with Crippen LogP contribution in [0.4, 0.5) is 16.2 Å². The summed E-state index contributed by atoms with van der Waals surface area (Å²) in [6.45, 7) is 0. The lowest BCUT2D eigenvalue weighted by Crippen LogP contribution is -2.16. The first-order valence-electron chi connectivity index (χ1n) is 8.57. The van der Waals surface area contributed by atoms with Gasteiger partial charge in [-0.15, -0.1) is 0 Å². The number of hydrogen-bond acceptors (Lipinski definition) is 5. The van der Waals surface area contributed by atoms with Gasteiger partial charge in [0.1, 0.15) is 0 Å². The number of pyridine rings is 1. The summed E-state index contributed by atoms with van der Waals surface area (Å²) in [5.41, 5.74) is 9.98. The Balaban J connectivity index is 2.05. The third-order valence-corrected chi connectivity index (χ3v) is 4.37. The van der Waals surface area contributed by atoms with Crippen LogP contribution in [0.15, 0.2) is 36.5 Å². The Labute approximate surface area is 151 Å². The fraction of sp³-hybridized carbons (Fsp3) is 0.316. The lowest BCUT2D eigenvalue weighted by Gasteiger charge is -2.17. The SMILES string of the molecule is COC(=O)Nc1ccc2c(c1)NC(=O)CCCCC(N)c1cc-2ccn1. The first kappa shape index (κ1) is 17.9. The third-order valence-electron chi connectivity index (χ3n) is 4.37. The lowest BCUT2D eigenvalue weighted by molar-refractivity contribution is -0.116. The number of amides is 2. The predicted octanol–water partition coefficient (Wildman–Crippen LogP) is 3.44. The molecule has 7 heteroatoms. The molecule has 2 aromatic rings. The second-order valence-electron chi connectivity index (χ2n) is 6.25. The van der Waals surface area contributed by atoms with Crippen molar-refractivity contribution in [2.24, 2.45) is 5.73 Å². The molecular weight excluding hydrogens is 332 g/mol. The Bertz CT molecular complexity index is 822. The first-order chi connectivity index (χ1) is 12.6. The maximum absolute atomic E-state index is 12.3. The van der Waals surface area contributed by atoms with Crippen LogP contribution >= 0.6 is 0 Å². The van der Waals surface area contributed by atoms with Gasteiger partial charge in [-0.3, -0.25) is 15.1 Å². The summed E-state index contributed by atoms with van der Waals surface area (Å²) in [6, 6.07) is 8.99. The van der Waals surface area contributed by atoms with Gasteiger partial charge in [-0.25, -0.2) is 4.79 Å². The monoisotopic (exact) mass is 354 g/mol. The van der Waals surface area contributed by atoms with Gasteiger partial charge in [-0.1, -0.05) is 12.5 Å². The summed E-state index contributed by atoms with van der Waals surface area (Å²) in [4.78, 5) is 28.1. The Hall–Kier alpha value is -2.93. The average Bonchev–Trinajstić information content (AvgIpc) is 2.64. The highest BCUT2D eigenvalue weighted by molar-refractivity contribution is 5.97. The van der Waals surface area contributed by atoms with Crippen LogP contribution in [-0.2, 0) is 9.53 Å². The second-order valence-corrected chi connectivity index (χ2v) is 6.25. The van der Waals surface area contributed by atoms with Crippen molar-refractivity contribution in [2.75, 3.05) is 17.7 Å². The summed E-state index contributed by atoms with van der Waals surface area (Å²) in [5, 5.41) is 5.56. The Morgan fingerprint density at radius 1 is 1.31 bits per heavy atom. The summed E-state index contributed by atoms with van der Waals surface area (Å²) >= 11 is 0. The number of methoxy groups -OCH3 is 1.